The third-order valence-corrected chi connectivity index (χ3v) is 3.34. The topological polar surface area (TPSA) is 77.8 Å². The molecule has 1 aromatic rings. The standard InChI is InChI=1S/C13H14FNO4/c14-10-5-9(13(18)19)6-11(7-10)15-3-1-8(2-4-15)12(16)17/h5-8H,1-4H2,(H,16,17)(H,18,19). The van der Waals surface area contributed by atoms with E-state index in [0.717, 1.165) is 6.07 Å². The van der Waals surface area contributed by atoms with Crippen LogP contribution in [0.1, 0.15) is 23.2 Å². The van der Waals surface area contributed by atoms with Crippen molar-refractivity contribution in [3.05, 3.63) is 29.6 Å². The zero-order chi connectivity index (χ0) is 14.0. The Bertz CT molecular complexity index is 509. The minimum absolute atomic E-state index is 0.102. The molecule has 0 radical (unpaired) electrons. The van der Waals surface area contributed by atoms with E-state index >= 15 is 0 Å². The van der Waals surface area contributed by atoms with Gasteiger partial charge in [-0.1, -0.05) is 0 Å². The molecule has 6 heteroatoms. The molecule has 1 fully saturated rings. The fraction of sp³-hybridized carbons (Fsp3) is 0.385. The van der Waals surface area contributed by atoms with Gasteiger partial charge in [0.25, 0.3) is 0 Å². The van der Waals surface area contributed by atoms with Crippen LogP contribution in [0.25, 0.3) is 0 Å². The van der Waals surface area contributed by atoms with Crippen LogP contribution in [-0.4, -0.2) is 35.2 Å². The fourth-order valence-electron chi connectivity index (χ4n) is 2.26. The molecule has 0 unspecified atom stereocenters. The van der Waals surface area contributed by atoms with Gasteiger partial charge in [0, 0.05) is 18.8 Å². The maximum absolute atomic E-state index is 13.4. The molecule has 1 saturated heterocycles. The van der Waals surface area contributed by atoms with Gasteiger partial charge in [0.1, 0.15) is 5.82 Å². The maximum Gasteiger partial charge on any atom is 0.335 e. The molecule has 0 aromatic heterocycles. The first-order valence-corrected chi connectivity index (χ1v) is 5.99. The van der Waals surface area contributed by atoms with Crippen molar-refractivity contribution in [2.24, 2.45) is 5.92 Å². The Morgan fingerprint density at radius 2 is 1.79 bits per heavy atom. The summed E-state index contributed by atoms with van der Waals surface area (Å²) in [7, 11) is 0. The Kier molecular flexibility index (Phi) is 3.69. The number of hydrogen-bond acceptors (Lipinski definition) is 3. The molecule has 0 amide bonds. The van der Waals surface area contributed by atoms with Crippen molar-refractivity contribution in [2.45, 2.75) is 12.8 Å². The van der Waals surface area contributed by atoms with Crippen LogP contribution in [0.3, 0.4) is 0 Å². The number of carboxylic acids is 2. The van der Waals surface area contributed by atoms with Gasteiger partial charge in [-0.3, -0.25) is 4.79 Å². The van der Waals surface area contributed by atoms with E-state index in [2.05, 4.69) is 0 Å². The number of nitrogens with zero attached hydrogens (tertiary/aromatic N) is 1. The van der Waals surface area contributed by atoms with Crippen LogP contribution in [0.15, 0.2) is 18.2 Å². The van der Waals surface area contributed by atoms with Crippen LogP contribution in [0.2, 0.25) is 0 Å². The van der Waals surface area contributed by atoms with E-state index in [-0.39, 0.29) is 11.5 Å². The van der Waals surface area contributed by atoms with E-state index < -0.39 is 17.8 Å². The summed E-state index contributed by atoms with van der Waals surface area (Å²) in [5, 5.41) is 17.8. The Labute approximate surface area is 109 Å². The van der Waals surface area contributed by atoms with Crippen LogP contribution >= 0.6 is 0 Å². The largest absolute Gasteiger partial charge is 0.481 e. The summed E-state index contributed by atoms with van der Waals surface area (Å²) in [5.41, 5.74) is 0.386. The van der Waals surface area contributed by atoms with Gasteiger partial charge in [-0.25, -0.2) is 9.18 Å². The lowest BCUT2D eigenvalue weighted by atomic mass is 9.96. The number of anilines is 1. The second-order valence-corrected chi connectivity index (χ2v) is 4.60. The second-order valence-electron chi connectivity index (χ2n) is 4.60. The molecule has 1 aliphatic rings. The number of aliphatic carboxylic acids is 1. The zero-order valence-electron chi connectivity index (χ0n) is 10.2. The van der Waals surface area contributed by atoms with Gasteiger partial charge in [0.15, 0.2) is 0 Å². The summed E-state index contributed by atoms with van der Waals surface area (Å²) in [6.45, 7) is 0.971. The summed E-state index contributed by atoms with van der Waals surface area (Å²) in [6.07, 6.45) is 0.961. The molecule has 0 saturated carbocycles. The highest BCUT2D eigenvalue weighted by Gasteiger charge is 2.25. The van der Waals surface area contributed by atoms with Gasteiger partial charge in [-0.15, -0.1) is 0 Å². The Morgan fingerprint density at radius 1 is 1.16 bits per heavy atom. The first kappa shape index (κ1) is 13.3. The summed E-state index contributed by atoms with van der Waals surface area (Å²) < 4.78 is 13.4. The van der Waals surface area contributed by atoms with Gasteiger partial charge in [-0.05, 0) is 31.0 Å². The molecule has 19 heavy (non-hydrogen) atoms. The number of hydrogen-bond donors (Lipinski definition) is 2. The molecule has 0 atom stereocenters. The highest BCUT2D eigenvalue weighted by molar-refractivity contribution is 5.89. The SMILES string of the molecule is O=C(O)c1cc(F)cc(N2CCC(C(=O)O)CC2)c1. The molecule has 0 aliphatic carbocycles. The minimum Gasteiger partial charge on any atom is -0.481 e. The maximum atomic E-state index is 13.4. The van der Waals surface area contributed by atoms with Gasteiger partial charge >= 0.3 is 11.9 Å². The van der Waals surface area contributed by atoms with Gasteiger partial charge < -0.3 is 15.1 Å². The molecule has 1 heterocycles. The zero-order valence-corrected chi connectivity index (χ0v) is 10.2. The molecule has 2 rings (SSSR count). The van der Waals surface area contributed by atoms with Crippen molar-refractivity contribution in [1.82, 2.24) is 0 Å². The van der Waals surface area contributed by atoms with E-state index in [4.69, 9.17) is 10.2 Å². The van der Waals surface area contributed by atoms with E-state index in [1.54, 1.807) is 0 Å². The van der Waals surface area contributed by atoms with Crippen LogP contribution in [0.5, 0.6) is 0 Å². The minimum atomic E-state index is -1.18. The first-order chi connectivity index (χ1) is 8.97. The molecule has 1 aliphatic heterocycles. The van der Waals surface area contributed by atoms with Crippen LogP contribution in [-0.2, 0) is 4.79 Å². The molecule has 0 spiro atoms. The fourth-order valence-corrected chi connectivity index (χ4v) is 2.26. The number of rotatable bonds is 3. The van der Waals surface area contributed by atoms with Crippen LogP contribution < -0.4 is 4.90 Å². The van der Waals surface area contributed by atoms with E-state index in [1.165, 1.54) is 12.1 Å². The third-order valence-electron chi connectivity index (χ3n) is 3.34. The average Bonchev–Trinajstić information content (AvgIpc) is 2.38. The molecular weight excluding hydrogens is 253 g/mol. The third kappa shape index (κ3) is 3.01. The summed E-state index contributed by atoms with van der Waals surface area (Å²) >= 11 is 0. The summed E-state index contributed by atoms with van der Waals surface area (Å²) in [5.74, 6) is -2.97. The molecule has 5 nitrogen and oxygen atoms in total. The molecular formula is C13H14FNO4. The van der Waals surface area contributed by atoms with E-state index in [9.17, 15) is 14.0 Å². The Balaban J connectivity index is 2.15. The van der Waals surface area contributed by atoms with Crippen molar-refractivity contribution in [2.75, 3.05) is 18.0 Å². The Hall–Kier alpha value is -2.11. The normalized spacial score (nSPS) is 16.4. The van der Waals surface area contributed by atoms with Crippen molar-refractivity contribution in [3.63, 3.8) is 0 Å². The predicted molar refractivity (Wildman–Crippen MR) is 65.9 cm³/mol. The number of carboxylic acid groups (broad SMARTS) is 2. The number of carbonyl (C=O) groups is 2. The second kappa shape index (κ2) is 5.26. The average molecular weight is 267 g/mol. The molecule has 0 bridgehead atoms. The quantitative estimate of drug-likeness (QED) is 0.873. The van der Waals surface area contributed by atoms with Crippen molar-refractivity contribution in [1.29, 1.82) is 0 Å². The van der Waals surface area contributed by atoms with Crippen molar-refractivity contribution < 1.29 is 24.2 Å². The van der Waals surface area contributed by atoms with Crippen molar-refractivity contribution >= 4 is 17.6 Å². The number of piperidine rings is 1. The summed E-state index contributed by atoms with van der Waals surface area (Å²) in [6, 6.07) is 3.65. The van der Waals surface area contributed by atoms with Gasteiger partial charge in [-0.2, -0.15) is 0 Å². The number of benzene rings is 1. The predicted octanol–water partition coefficient (Wildman–Crippen LogP) is 1.82. The first-order valence-electron chi connectivity index (χ1n) is 5.99. The molecule has 2 N–H and O–H groups in total. The molecule has 1 aromatic carbocycles. The van der Waals surface area contributed by atoms with Crippen molar-refractivity contribution in [3.8, 4) is 0 Å². The van der Waals surface area contributed by atoms with Gasteiger partial charge in [0.05, 0.1) is 11.5 Å². The van der Waals surface area contributed by atoms with E-state index in [1.807, 2.05) is 4.90 Å². The Morgan fingerprint density at radius 3 is 2.32 bits per heavy atom. The van der Waals surface area contributed by atoms with Gasteiger partial charge in [0.2, 0.25) is 0 Å². The summed E-state index contributed by atoms with van der Waals surface area (Å²) in [4.78, 5) is 23.5. The van der Waals surface area contributed by atoms with E-state index in [0.29, 0.717) is 31.6 Å². The van der Waals surface area contributed by atoms with Crippen LogP contribution in [0, 0.1) is 11.7 Å². The molecule has 102 valence electrons. The monoisotopic (exact) mass is 267 g/mol. The lowest BCUT2D eigenvalue weighted by molar-refractivity contribution is -0.142. The van der Waals surface area contributed by atoms with Crippen LogP contribution in [0.4, 0.5) is 10.1 Å². The lowest BCUT2D eigenvalue weighted by Gasteiger charge is -2.32. The highest BCUT2D eigenvalue weighted by Crippen LogP contribution is 2.25. The number of aromatic carboxylic acids is 1. The highest BCUT2D eigenvalue weighted by atomic mass is 19.1. The number of halogens is 1. The lowest BCUT2D eigenvalue weighted by Crippen LogP contribution is -2.36. The smallest absolute Gasteiger partial charge is 0.335 e.